The molecule has 0 aliphatic carbocycles. The van der Waals surface area contributed by atoms with Crippen LogP contribution in [0.15, 0.2) is 0 Å². The van der Waals surface area contributed by atoms with Crippen LogP contribution in [0, 0.1) is 11.8 Å². The first-order chi connectivity index (χ1) is 7.74. The van der Waals surface area contributed by atoms with Crippen molar-refractivity contribution in [3.8, 4) is 0 Å². The fraction of sp³-hybridized carbons (Fsp3) is 0.917. The third-order valence-corrected chi connectivity index (χ3v) is 3.02. The summed E-state index contributed by atoms with van der Waals surface area (Å²) in [7, 11) is 0. The van der Waals surface area contributed by atoms with Crippen molar-refractivity contribution in [1.29, 1.82) is 0 Å². The van der Waals surface area contributed by atoms with Crippen LogP contribution in [-0.4, -0.2) is 37.4 Å². The van der Waals surface area contributed by atoms with Crippen LogP contribution in [0.2, 0.25) is 0 Å². The van der Waals surface area contributed by atoms with Gasteiger partial charge in [-0.3, -0.25) is 4.79 Å². The molecule has 1 aliphatic heterocycles. The van der Waals surface area contributed by atoms with Gasteiger partial charge in [-0.1, -0.05) is 6.92 Å². The van der Waals surface area contributed by atoms with Gasteiger partial charge >= 0.3 is 0 Å². The van der Waals surface area contributed by atoms with Crippen LogP contribution in [0.1, 0.15) is 32.6 Å². The molecule has 0 bridgehead atoms. The number of rotatable bonds is 6. The molecule has 2 atom stereocenters. The normalized spacial score (nSPS) is 22.8. The lowest BCUT2D eigenvalue weighted by molar-refractivity contribution is -0.128. The lowest BCUT2D eigenvalue weighted by Crippen LogP contribution is -2.36. The molecule has 0 radical (unpaired) electrons. The highest BCUT2D eigenvalue weighted by Gasteiger charge is 2.20. The predicted octanol–water partition coefficient (Wildman–Crippen LogP) is 0.938. The molecule has 1 amide bonds. The zero-order valence-electron chi connectivity index (χ0n) is 10.1. The smallest absolute Gasteiger partial charge is 0.225 e. The molecule has 0 aromatic carbocycles. The van der Waals surface area contributed by atoms with E-state index in [9.17, 15) is 4.79 Å². The maximum atomic E-state index is 11.7. The van der Waals surface area contributed by atoms with Crippen LogP contribution < -0.4 is 5.32 Å². The highest BCUT2D eigenvalue weighted by atomic mass is 16.5. The van der Waals surface area contributed by atoms with E-state index in [1.165, 1.54) is 0 Å². The molecule has 1 aliphatic rings. The Labute approximate surface area is 97.4 Å². The molecule has 2 unspecified atom stereocenters. The minimum atomic E-state index is 0.0454. The van der Waals surface area contributed by atoms with E-state index in [1.807, 2.05) is 6.92 Å². The van der Waals surface area contributed by atoms with Crippen LogP contribution in [0.3, 0.4) is 0 Å². The first kappa shape index (κ1) is 13.5. The first-order valence-corrected chi connectivity index (χ1v) is 6.20. The zero-order chi connectivity index (χ0) is 11.8. The predicted molar refractivity (Wildman–Crippen MR) is 62.0 cm³/mol. The Morgan fingerprint density at radius 1 is 1.62 bits per heavy atom. The van der Waals surface area contributed by atoms with Crippen molar-refractivity contribution in [3.05, 3.63) is 0 Å². The standard InChI is InChI=1S/C12H23NO3/c1-10(8-14)4-2-6-13-12(15)11-5-3-7-16-9-11/h10-11,14H,2-9H2,1H3,(H,13,15). The number of carbonyl (C=O) groups is 1. The summed E-state index contributed by atoms with van der Waals surface area (Å²) >= 11 is 0. The second-order valence-electron chi connectivity index (χ2n) is 4.64. The lowest BCUT2D eigenvalue weighted by atomic mass is 10.0. The zero-order valence-corrected chi connectivity index (χ0v) is 10.1. The largest absolute Gasteiger partial charge is 0.396 e. The minimum Gasteiger partial charge on any atom is -0.396 e. The molecule has 1 saturated heterocycles. The summed E-state index contributed by atoms with van der Waals surface area (Å²) < 4.78 is 5.27. The van der Waals surface area contributed by atoms with Gasteiger partial charge in [0.1, 0.15) is 0 Å². The molecule has 16 heavy (non-hydrogen) atoms. The van der Waals surface area contributed by atoms with Crippen molar-refractivity contribution >= 4 is 5.91 Å². The Kier molecular flexibility index (Phi) is 6.42. The van der Waals surface area contributed by atoms with Crippen molar-refractivity contribution in [3.63, 3.8) is 0 Å². The van der Waals surface area contributed by atoms with Crippen molar-refractivity contribution in [2.75, 3.05) is 26.4 Å². The van der Waals surface area contributed by atoms with Crippen molar-refractivity contribution in [1.82, 2.24) is 5.32 Å². The Bertz CT molecular complexity index is 202. The minimum absolute atomic E-state index is 0.0454. The summed E-state index contributed by atoms with van der Waals surface area (Å²) in [6, 6.07) is 0. The molecule has 1 fully saturated rings. The average molecular weight is 229 g/mol. The lowest BCUT2D eigenvalue weighted by Gasteiger charge is -2.21. The number of hydrogen-bond acceptors (Lipinski definition) is 3. The summed E-state index contributed by atoms with van der Waals surface area (Å²) in [5.74, 6) is 0.496. The van der Waals surface area contributed by atoms with Gasteiger partial charge in [-0.15, -0.1) is 0 Å². The highest BCUT2D eigenvalue weighted by molar-refractivity contribution is 5.78. The molecule has 4 nitrogen and oxygen atoms in total. The van der Waals surface area contributed by atoms with Gasteiger partial charge in [0.05, 0.1) is 12.5 Å². The number of nitrogens with one attached hydrogen (secondary N) is 1. The van der Waals surface area contributed by atoms with E-state index in [4.69, 9.17) is 9.84 Å². The Morgan fingerprint density at radius 2 is 2.44 bits per heavy atom. The summed E-state index contributed by atoms with van der Waals surface area (Å²) in [5.41, 5.74) is 0. The van der Waals surface area contributed by atoms with Gasteiger partial charge in [0, 0.05) is 19.8 Å². The van der Waals surface area contributed by atoms with E-state index in [0.717, 1.165) is 32.3 Å². The monoisotopic (exact) mass is 229 g/mol. The van der Waals surface area contributed by atoms with Gasteiger partial charge in [0.2, 0.25) is 5.91 Å². The topological polar surface area (TPSA) is 58.6 Å². The van der Waals surface area contributed by atoms with Crippen LogP contribution in [0.4, 0.5) is 0 Å². The number of carbonyl (C=O) groups excluding carboxylic acids is 1. The number of aliphatic hydroxyl groups excluding tert-OH is 1. The molecular weight excluding hydrogens is 206 g/mol. The number of aliphatic hydroxyl groups is 1. The average Bonchev–Trinajstić information content (AvgIpc) is 2.35. The molecule has 1 rings (SSSR count). The van der Waals surface area contributed by atoms with Crippen LogP contribution >= 0.6 is 0 Å². The Morgan fingerprint density at radius 3 is 3.06 bits per heavy atom. The molecule has 1 heterocycles. The number of hydrogen-bond donors (Lipinski definition) is 2. The maximum Gasteiger partial charge on any atom is 0.225 e. The van der Waals surface area contributed by atoms with Gasteiger partial charge in [-0.25, -0.2) is 0 Å². The van der Waals surface area contributed by atoms with Gasteiger partial charge in [-0.2, -0.15) is 0 Å². The third kappa shape index (κ3) is 4.94. The summed E-state index contributed by atoms with van der Waals surface area (Å²) in [4.78, 5) is 11.7. The number of amides is 1. The first-order valence-electron chi connectivity index (χ1n) is 6.20. The fourth-order valence-corrected chi connectivity index (χ4v) is 1.85. The second-order valence-corrected chi connectivity index (χ2v) is 4.64. The van der Waals surface area contributed by atoms with E-state index in [-0.39, 0.29) is 18.4 Å². The molecule has 94 valence electrons. The molecule has 0 aromatic rings. The fourth-order valence-electron chi connectivity index (χ4n) is 1.85. The van der Waals surface area contributed by atoms with E-state index in [2.05, 4.69) is 5.32 Å². The van der Waals surface area contributed by atoms with Crippen LogP contribution in [-0.2, 0) is 9.53 Å². The molecule has 2 N–H and O–H groups in total. The highest BCUT2D eigenvalue weighted by Crippen LogP contribution is 2.13. The van der Waals surface area contributed by atoms with Gasteiger partial charge in [0.25, 0.3) is 0 Å². The quantitative estimate of drug-likeness (QED) is 0.666. The van der Waals surface area contributed by atoms with E-state index < -0.39 is 0 Å². The maximum absolute atomic E-state index is 11.7. The third-order valence-electron chi connectivity index (χ3n) is 3.02. The Balaban J connectivity index is 2.05. The van der Waals surface area contributed by atoms with E-state index >= 15 is 0 Å². The van der Waals surface area contributed by atoms with Crippen molar-refractivity contribution in [2.45, 2.75) is 32.6 Å². The second kappa shape index (κ2) is 7.63. The van der Waals surface area contributed by atoms with Crippen molar-refractivity contribution < 1.29 is 14.6 Å². The molecule has 0 aromatic heterocycles. The number of ether oxygens (including phenoxy) is 1. The van der Waals surface area contributed by atoms with Gasteiger partial charge in [-0.05, 0) is 31.6 Å². The van der Waals surface area contributed by atoms with Gasteiger partial charge < -0.3 is 15.2 Å². The SMILES string of the molecule is CC(CO)CCCNC(=O)C1CCCOC1. The summed E-state index contributed by atoms with van der Waals surface area (Å²) in [6.07, 6.45) is 3.82. The summed E-state index contributed by atoms with van der Waals surface area (Å²) in [6.45, 7) is 4.30. The Hall–Kier alpha value is -0.610. The van der Waals surface area contributed by atoms with Crippen LogP contribution in [0.5, 0.6) is 0 Å². The van der Waals surface area contributed by atoms with Gasteiger partial charge in [0.15, 0.2) is 0 Å². The van der Waals surface area contributed by atoms with Crippen LogP contribution in [0.25, 0.3) is 0 Å². The summed E-state index contributed by atoms with van der Waals surface area (Å²) in [5, 5.41) is 11.8. The van der Waals surface area contributed by atoms with E-state index in [1.54, 1.807) is 0 Å². The molecule has 0 saturated carbocycles. The van der Waals surface area contributed by atoms with Crippen molar-refractivity contribution in [2.24, 2.45) is 11.8 Å². The molecule has 0 spiro atoms. The molecule has 4 heteroatoms. The van der Waals surface area contributed by atoms with E-state index in [0.29, 0.717) is 19.1 Å². The molecular formula is C12H23NO3.